The van der Waals surface area contributed by atoms with Crippen LogP contribution in [0, 0.1) is 11.3 Å². The number of likely N-dealkylation sites (N-methyl/N-ethyl adjacent to an activating group) is 1. The smallest absolute Gasteiger partial charge is 0.222 e. The van der Waals surface area contributed by atoms with Gasteiger partial charge in [0.25, 0.3) is 0 Å². The molecule has 1 aromatic carbocycles. The van der Waals surface area contributed by atoms with Gasteiger partial charge in [-0.05, 0) is 55.7 Å². The van der Waals surface area contributed by atoms with Gasteiger partial charge in [0.05, 0.1) is 19.9 Å². The number of aromatic nitrogens is 4. The van der Waals surface area contributed by atoms with Gasteiger partial charge < -0.3 is 20.7 Å². The van der Waals surface area contributed by atoms with Gasteiger partial charge in [0.15, 0.2) is 5.82 Å². The molecule has 0 bridgehead atoms. The molecule has 2 aromatic heterocycles. The number of hydrogen-bond acceptors (Lipinski definition) is 8. The molecule has 9 nitrogen and oxygen atoms in total. The number of fused-ring (bicyclic) bond motifs is 1. The molecule has 1 spiro atoms. The number of benzene rings is 1. The molecule has 3 heterocycles. The third-order valence-corrected chi connectivity index (χ3v) is 8.14. The van der Waals surface area contributed by atoms with Crippen LogP contribution in [-0.4, -0.2) is 76.4 Å². The van der Waals surface area contributed by atoms with Gasteiger partial charge >= 0.3 is 0 Å². The second-order valence-corrected chi connectivity index (χ2v) is 10.8. The Kier molecular flexibility index (Phi) is 5.76. The lowest BCUT2D eigenvalue weighted by Crippen LogP contribution is -2.43. The Morgan fingerprint density at radius 3 is 2.66 bits per heavy atom. The third kappa shape index (κ3) is 4.67. The summed E-state index contributed by atoms with van der Waals surface area (Å²) in [6.07, 6.45) is 7.27. The number of rotatable bonds is 8. The lowest BCUT2D eigenvalue weighted by atomic mass is 9.72. The van der Waals surface area contributed by atoms with E-state index in [1.807, 2.05) is 4.68 Å². The first-order chi connectivity index (χ1) is 17.0. The van der Waals surface area contributed by atoms with Gasteiger partial charge in [-0.2, -0.15) is 10.1 Å². The van der Waals surface area contributed by atoms with Crippen LogP contribution in [0.25, 0.3) is 11.0 Å². The molecule has 2 saturated carbocycles. The quantitative estimate of drug-likeness (QED) is 0.512. The summed E-state index contributed by atoms with van der Waals surface area (Å²) in [6, 6.07) is 6.53. The van der Waals surface area contributed by atoms with E-state index in [9.17, 15) is 0 Å². The fraction of sp³-hybridized carbons (Fsp3) is 0.577. The highest BCUT2D eigenvalue weighted by molar-refractivity contribution is 5.86. The number of nitrogens with two attached hydrogens (primary N) is 1. The summed E-state index contributed by atoms with van der Waals surface area (Å²) >= 11 is 0. The minimum Gasteiger partial charge on any atom is -0.496 e. The van der Waals surface area contributed by atoms with Crippen molar-refractivity contribution in [3.05, 3.63) is 35.5 Å². The Balaban J connectivity index is 1.19. The Labute approximate surface area is 206 Å². The van der Waals surface area contributed by atoms with Crippen molar-refractivity contribution < 1.29 is 4.74 Å². The number of nitrogen functional groups attached to an aromatic ring is 1. The Morgan fingerprint density at radius 2 is 1.91 bits per heavy atom. The largest absolute Gasteiger partial charge is 0.496 e. The number of anilines is 2. The molecule has 3 aromatic rings. The van der Waals surface area contributed by atoms with E-state index in [4.69, 9.17) is 10.5 Å². The maximum Gasteiger partial charge on any atom is 0.222 e. The predicted molar refractivity (Wildman–Crippen MR) is 137 cm³/mol. The minimum atomic E-state index is 0.276. The van der Waals surface area contributed by atoms with E-state index in [1.54, 1.807) is 13.3 Å². The number of ether oxygens (including phenoxy) is 1. The first-order valence-corrected chi connectivity index (χ1v) is 12.8. The fourth-order valence-electron chi connectivity index (χ4n) is 5.84. The van der Waals surface area contributed by atoms with Gasteiger partial charge in [0.2, 0.25) is 5.95 Å². The summed E-state index contributed by atoms with van der Waals surface area (Å²) in [5.74, 6) is 2.65. The zero-order chi connectivity index (χ0) is 24.0. The average Bonchev–Trinajstić information content (AvgIpc) is 3.54. The van der Waals surface area contributed by atoms with Gasteiger partial charge in [0.1, 0.15) is 16.8 Å². The van der Waals surface area contributed by atoms with Gasteiger partial charge in [-0.15, -0.1) is 0 Å². The highest BCUT2D eigenvalue weighted by atomic mass is 16.5. The Morgan fingerprint density at radius 1 is 1.11 bits per heavy atom. The molecule has 0 atom stereocenters. The summed E-state index contributed by atoms with van der Waals surface area (Å²) in [7, 11) is 3.92. The molecule has 186 valence electrons. The minimum absolute atomic E-state index is 0.276. The molecular formula is C26H36N8O. The van der Waals surface area contributed by atoms with E-state index in [-0.39, 0.29) is 5.95 Å². The second-order valence-electron chi connectivity index (χ2n) is 10.8. The Bertz CT molecular complexity index is 1200. The van der Waals surface area contributed by atoms with Crippen LogP contribution in [0.5, 0.6) is 5.75 Å². The van der Waals surface area contributed by atoms with Crippen LogP contribution in [0.15, 0.2) is 24.4 Å². The monoisotopic (exact) mass is 476 g/mol. The molecule has 3 aliphatic rings. The van der Waals surface area contributed by atoms with Crippen LogP contribution in [0.1, 0.15) is 36.8 Å². The van der Waals surface area contributed by atoms with E-state index >= 15 is 0 Å². The zero-order valence-electron chi connectivity index (χ0n) is 20.8. The van der Waals surface area contributed by atoms with Crippen molar-refractivity contribution in [2.45, 2.75) is 38.8 Å². The normalized spacial score (nSPS) is 20.3. The van der Waals surface area contributed by atoms with Crippen LogP contribution in [0.3, 0.4) is 0 Å². The zero-order valence-corrected chi connectivity index (χ0v) is 20.8. The van der Waals surface area contributed by atoms with E-state index in [0.717, 1.165) is 67.4 Å². The van der Waals surface area contributed by atoms with Crippen molar-refractivity contribution in [3.8, 4) is 5.75 Å². The standard InChI is InChI=1S/C26H36N8O/c1-32-7-9-33(10-8-32)16-18-3-4-20(22(11-18)35-2)17-34-23-21(15-29-34)30-25(27)31-24(23)28-14-19-12-26(13-19)5-6-26/h3-4,11,15,19H,5-10,12-14,16-17H2,1-2H3,(H3,27,28,30,31). The van der Waals surface area contributed by atoms with Crippen molar-refractivity contribution in [1.29, 1.82) is 0 Å². The van der Waals surface area contributed by atoms with Crippen molar-refractivity contribution in [2.75, 3.05) is 57.9 Å². The predicted octanol–water partition coefficient (Wildman–Crippen LogP) is 2.81. The topological polar surface area (TPSA) is 97.4 Å². The molecule has 6 rings (SSSR count). The van der Waals surface area contributed by atoms with Crippen molar-refractivity contribution in [2.24, 2.45) is 11.3 Å². The summed E-state index contributed by atoms with van der Waals surface area (Å²) < 4.78 is 7.75. The number of nitrogens with one attached hydrogen (secondary N) is 1. The number of methoxy groups -OCH3 is 1. The van der Waals surface area contributed by atoms with Crippen molar-refractivity contribution >= 4 is 22.8 Å². The molecule has 0 amide bonds. The number of nitrogens with zero attached hydrogens (tertiary/aromatic N) is 6. The SMILES string of the molecule is COc1cc(CN2CCN(C)CC2)ccc1Cn1ncc2nc(N)nc(NCC3CC4(CC4)C3)c21. The number of hydrogen-bond donors (Lipinski definition) is 2. The highest BCUT2D eigenvalue weighted by Crippen LogP contribution is 2.63. The number of piperazine rings is 1. The molecule has 9 heteroatoms. The van der Waals surface area contributed by atoms with Crippen LogP contribution in [0.4, 0.5) is 11.8 Å². The molecule has 0 radical (unpaired) electrons. The molecule has 3 fully saturated rings. The Hall–Kier alpha value is -2.91. The van der Waals surface area contributed by atoms with E-state index < -0.39 is 0 Å². The van der Waals surface area contributed by atoms with E-state index in [1.165, 1.54) is 31.2 Å². The fourth-order valence-corrected chi connectivity index (χ4v) is 5.84. The molecule has 2 aliphatic carbocycles. The summed E-state index contributed by atoms with van der Waals surface area (Å²) in [4.78, 5) is 13.8. The summed E-state index contributed by atoms with van der Waals surface area (Å²) in [6.45, 7) is 6.87. The summed E-state index contributed by atoms with van der Waals surface area (Å²) in [5, 5.41) is 8.20. The van der Waals surface area contributed by atoms with Crippen molar-refractivity contribution in [1.82, 2.24) is 29.5 Å². The van der Waals surface area contributed by atoms with Crippen LogP contribution < -0.4 is 15.8 Å². The third-order valence-electron chi connectivity index (χ3n) is 8.14. The molecule has 1 aliphatic heterocycles. The van der Waals surface area contributed by atoms with Gasteiger partial charge in [-0.3, -0.25) is 9.58 Å². The average molecular weight is 477 g/mol. The van der Waals surface area contributed by atoms with Crippen LogP contribution >= 0.6 is 0 Å². The van der Waals surface area contributed by atoms with Gasteiger partial charge in [-0.25, -0.2) is 4.98 Å². The van der Waals surface area contributed by atoms with Crippen LogP contribution in [-0.2, 0) is 13.1 Å². The lowest BCUT2D eigenvalue weighted by Gasteiger charge is -2.36. The molecule has 3 N–H and O–H groups in total. The van der Waals surface area contributed by atoms with Gasteiger partial charge in [0, 0.05) is 44.8 Å². The molecule has 35 heavy (non-hydrogen) atoms. The molecule has 1 saturated heterocycles. The second kappa shape index (κ2) is 8.95. The molecular weight excluding hydrogens is 440 g/mol. The maximum absolute atomic E-state index is 6.01. The lowest BCUT2D eigenvalue weighted by molar-refractivity contribution is 0.148. The highest BCUT2D eigenvalue weighted by Gasteiger charge is 2.52. The van der Waals surface area contributed by atoms with Gasteiger partial charge in [-0.1, -0.05) is 12.1 Å². The van der Waals surface area contributed by atoms with E-state index in [2.05, 4.69) is 55.4 Å². The first-order valence-electron chi connectivity index (χ1n) is 12.8. The maximum atomic E-state index is 6.01. The molecule has 0 unspecified atom stereocenters. The summed E-state index contributed by atoms with van der Waals surface area (Å²) in [5.41, 5.74) is 10.7. The van der Waals surface area contributed by atoms with Crippen LogP contribution in [0.2, 0.25) is 0 Å². The first kappa shape index (κ1) is 22.5. The van der Waals surface area contributed by atoms with Crippen molar-refractivity contribution in [3.63, 3.8) is 0 Å². The van der Waals surface area contributed by atoms with E-state index in [0.29, 0.717) is 17.9 Å².